The van der Waals surface area contributed by atoms with Crippen LogP contribution in [-0.2, 0) is 0 Å². The van der Waals surface area contributed by atoms with Gasteiger partial charge in [-0.05, 0) is 67.9 Å². The van der Waals surface area contributed by atoms with Gasteiger partial charge in [-0.1, -0.05) is 140 Å². The van der Waals surface area contributed by atoms with Crippen molar-refractivity contribution in [3.05, 3.63) is 164 Å². The molecule has 1 aromatic heterocycles. The fourth-order valence-electron chi connectivity index (χ4n) is 7.11. The fourth-order valence-corrected chi connectivity index (χ4v) is 7.11. The molecule has 4 nitrogen and oxygen atoms in total. The Morgan fingerprint density at radius 2 is 0.918 bits per heavy atom. The number of benzene rings is 8. The van der Waals surface area contributed by atoms with Gasteiger partial charge >= 0.3 is 0 Å². The minimum absolute atomic E-state index is 0.565. The Kier molecular flexibility index (Phi) is 6.15. The molecular formula is C45H27N3O. The lowest BCUT2D eigenvalue weighted by Crippen LogP contribution is -2.04. The zero-order chi connectivity index (χ0) is 32.3. The summed E-state index contributed by atoms with van der Waals surface area (Å²) >= 11 is 0. The molecule has 9 aromatic rings. The van der Waals surface area contributed by atoms with E-state index in [-0.39, 0.29) is 0 Å². The maximum atomic E-state index is 6.83. The predicted octanol–water partition coefficient (Wildman–Crippen LogP) is 11.8. The highest BCUT2D eigenvalue weighted by Gasteiger charge is 2.26. The van der Waals surface area contributed by atoms with Gasteiger partial charge in [0, 0.05) is 22.1 Å². The van der Waals surface area contributed by atoms with Crippen LogP contribution >= 0.6 is 0 Å². The molecule has 1 aliphatic heterocycles. The third-order valence-electron chi connectivity index (χ3n) is 9.50. The summed E-state index contributed by atoms with van der Waals surface area (Å²) < 4.78 is 6.83. The highest BCUT2D eigenvalue weighted by molar-refractivity contribution is 6.10. The summed E-state index contributed by atoms with van der Waals surface area (Å²) in [6.45, 7) is 0. The van der Waals surface area contributed by atoms with E-state index < -0.39 is 0 Å². The van der Waals surface area contributed by atoms with Crippen molar-refractivity contribution in [2.45, 2.75) is 0 Å². The highest BCUT2D eigenvalue weighted by Crippen LogP contribution is 2.51. The van der Waals surface area contributed by atoms with Crippen molar-refractivity contribution in [3.8, 4) is 67.9 Å². The number of hydrogen-bond acceptors (Lipinski definition) is 4. The highest BCUT2D eigenvalue weighted by atomic mass is 16.5. The summed E-state index contributed by atoms with van der Waals surface area (Å²) in [5.41, 5.74) is 7.18. The number of fused-ring (bicyclic) bond motifs is 4. The van der Waals surface area contributed by atoms with Crippen LogP contribution in [0.15, 0.2) is 164 Å². The zero-order valence-corrected chi connectivity index (χ0v) is 26.3. The Bertz CT molecular complexity index is 2660. The first kappa shape index (κ1) is 27.5. The summed E-state index contributed by atoms with van der Waals surface area (Å²) in [6, 6.07) is 56.9. The van der Waals surface area contributed by atoms with Crippen LogP contribution in [0.25, 0.3) is 88.7 Å². The maximum Gasteiger partial charge on any atom is 0.167 e. The second-order valence-corrected chi connectivity index (χ2v) is 12.4. The third kappa shape index (κ3) is 4.57. The summed E-state index contributed by atoms with van der Waals surface area (Å²) in [6.07, 6.45) is 0. The van der Waals surface area contributed by atoms with Gasteiger partial charge in [0.25, 0.3) is 0 Å². The summed E-state index contributed by atoms with van der Waals surface area (Å²) in [5, 5.41) is 6.88. The Morgan fingerprint density at radius 3 is 1.61 bits per heavy atom. The van der Waals surface area contributed by atoms with Crippen molar-refractivity contribution in [2.75, 3.05) is 0 Å². The number of para-hydroxylation sites is 1. The molecule has 228 valence electrons. The first-order valence-electron chi connectivity index (χ1n) is 16.4. The topological polar surface area (TPSA) is 47.9 Å². The van der Waals surface area contributed by atoms with Gasteiger partial charge in [0.2, 0.25) is 0 Å². The summed E-state index contributed by atoms with van der Waals surface area (Å²) in [7, 11) is 0. The molecule has 8 aromatic carbocycles. The number of hydrogen-bond donors (Lipinski definition) is 0. The van der Waals surface area contributed by atoms with Crippen molar-refractivity contribution in [2.24, 2.45) is 0 Å². The van der Waals surface area contributed by atoms with Gasteiger partial charge in [-0.2, -0.15) is 0 Å². The van der Waals surface area contributed by atoms with E-state index in [9.17, 15) is 0 Å². The van der Waals surface area contributed by atoms with Crippen molar-refractivity contribution in [1.82, 2.24) is 15.0 Å². The SMILES string of the molecule is c1ccc(-c2ccc3c4c(cccc24)-c2cccc(-c4nc(-c5ccc6ccccc6c5)nc(-c5ccc6ccccc6c5)n4)c2O3)cc1. The smallest absolute Gasteiger partial charge is 0.167 e. The van der Waals surface area contributed by atoms with E-state index in [2.05, 4.69) is 152 Å². The van der Waals surface area contributed by atoms with Crippen LogP contribution in [0.5, 0.6) is 11.5 Å². The van der Waals surface area contributed by atoms with Crippen LogP contribution in [0.1, 0.15) is 0 Å². The van der Waals surface area contributed by atoms with Gasteiger partial charge in [0.15, 0.2) is 17.5 Å². The molecule has 0 fully saturated rings. The fraction of sp³-hybridized carbons (Fsp3) is 0. The van der Waals surface area contributed by atoms with Gasteiger partial charge in [-0.3, -0.25) is 0 Å². The first-order valence-corrected chi connectivity index (χ1v) is 16.4. The molecule has 2 heterocycles. The van der Waals surface area contributed by atoms with Crippen molar-refractivity contribution in [3.63, 3.8) is 0 Å². The summed E-state index contributed by atoms with van der Waals surface area (Å²) in [4.78, 5) is 15.3. The van der Waals surface area contributed by atoms with E-state index >= 15 is 0 Å². The molecule has 0 amide bonds. The number of ether oxygens (including phenoxy) is 1. The van der Waals surface area contributed by atoms with Crippen molar-refractivity contribution >= 4 is 32.3 Å². The van der Waals surface area contributed by atoms with E-state index in [0.29, 0.717) is 17.5 Å². The second-order valence-electron chi connectivity index (χ2n) is 12.4. The Labute approximate surface area is 283 Å². The number of nitrogens with zero attached hydrogens (tertiary/aromatic N) is 3. The second kappa shape index (κ2) is 11.0. The molecule has 4 heteroatoms. The number of aromatic nitrogens is 3. The van der Waals surface area contributed by atoms with Crippen LogP contribution in [0.4, 0.5) is 0 Å². The van der Waals surface area contributed by atoms with E-state index in [4.69, 9.17) is 19.7 Å². The molecule has 0 saturated heterocycles. The van der Waals surface area contributed by atoms with Gasteiger partial charge in [0.05, 0.1) is 5.56 Å². The van der Waals surface area contributed by atoms with Crippen LogP contribution in [0.2, 0.25) is 0 Å². The van der Waals surface area contributed by atoms with Gasteiger partial charge < -0.3 is 4.74 Å². The molecule has 0 spiro atoms. The Hall–Kier alpha value is -6.65. The summed E-state index contributed by atoms with van der Waals surface area (Å²) in [5.74, 6) is 3.36. The molecule has 0 N–H and O–H groups in total. The molecule has 0 radical (unpaired) electrons. The van der Waals surface area contributed by atoms with Crippen LogP contribution < -0.4 is 4.74 Å². The van der Waals surface area contributed by atoms with Crippen LogP contribution in [0, 0.1) is 0 Å². The lowest BCUT2D eigenvalue weighted by molar-refractivity contribution is 0.488. The minimum Gasteiger partial charge on any atom is -0.455 e. The standard InChI is InChI=1S/C45H27N3O/c1-2-12-30(13-3-1)35-24-25-40-41-36(35)16-8-17-37(41)38-18-9-19-39(42(38)49-40)45-47-43(33-22-20-28-10-4-6-14-31(28)26-33)46-44(48-45)34-23-21-29-11-5-7-15-32(29)27-34/h1-27H. The monoisotopic (exact) mass is 625 g/mol. The molecule has 0 bridgehead atoms. The number of rotatable bonds is 4. The quantitative estimate of drug-likeness (QED) is 0.195. The van der Waals surface area contributed by atoms with E-state index in [1.54, 1.807) is 0 Å². The van der Waals surface area contributed by atoms with Crippen molar-refractivity contribution < 1.29 is 4.74 Å². The van der Waals surface area contributed by atoms with Crippen LogP contribution in [0.3, 0.4) is 0 Å². The largest absolute Gasteiger partial charge is 0.455 e. The first-order chi connectivity index (χ1) is 24.3. The van der Waals surface area contributed by atoms with Crippen molar-refractivity contribution in [1.29, 1.82) is 0 Å². The molecular weight excluding hydrogens is 599 g/mol. The molecule has 0 aliphatic carbocycles. The minimum atomic E-state index is 0.565. The molecule has 10 rings (SSSR count). The van der Waals surface area contributed by atoms with Gasteiger partial charge in [0.1, 0.15) is 11.5 Å². The maximum absolute atomic E-state index is 6.83. The predicted molar refractivity (Wildman–Crippen MR) is 200 cm³/mol. The zero-order valence-electron chi connectivity index (χ0n) is 26.3. The lowest BCUT2D eigenvalue weighted by Gasteiger charge is -2.24. The molecule has 0 atom stereocenters. The molecule has 0 unspecified atom stereocenters. The van der Waals surface area contributed by atoms with Gasteiger partial charge in [-0.15, -0.1) is 0 Å². The molecule has 49 heavy (non-hydrogen) atoms. The third-order valence-corrected chi connectivity index (χ3v) is 9.50. The Balaban J connectivity index is 1.18. The van der Waals surface area contributed by atoms with E-state index in [1.807, 2.05) is 12.1 Å². The molecule has 1 aliphatic rings. The Morgan fingerprint density at radius 1 is 0.347 bits per heavy atom. The van der Waals surface area contributed by atoms with E-state index in [0.717, 1.165) is 60.9 Å². The lowest BCUT2D eigenvalue weighted by atomic mass is 9.89. The molecule has 0 saturated carbocycles. The van der Waals surface area contributed by atoms with Gasteiger partial charge in [-0.25, -0.2) is 15.0 Å². The van der Waals surface area contributed by atoms with Crippen LogP contribution in [-0.4, -0.2) is 15.0 Å². The average molecular weight is 626 g/mol. The van der Waals surface area contributed by atoms with E-state index in [1.165, 1.54) is 21.9 Å². The average Bonchev–Trinajstić information content (AvgIpc) is 3.17. The normalized spacial score (nSPS) is 11.8.